The van der Waals surface area contributed by atoms with Crippen molar-refractivity contribution in [2.75, 3.05) is 11.9 Å². The summed E-state index contributed by atoms with van der Waals surface area (Å²) in [6.07, 6.45) is 1.86. The Morgan fingerprint density at radius 1 is 1.47 bits per heavy atom. The molecule has 0 radical (unpaired) electrons. The summed E-state index contributed by atoms with van der Waals surface area (Å²) in [5, 5.41) is 17.8. The molecule has 19 heavy (non-hydrogen) atoms. The second-order valence-corrected chi connectivity index (χ2v) is 4.37. The van der Waals surface area contributed by atoms with Crippen molar-refractivity contribution in [2.45, 2.75) is 26.2 Å². The van der Waals surface area contributed by atoms with Crippen LogP contribution in [-0.4, -0.2) is 38.8 Å². The predicted molar refractivity (Wildman–Crippen MR) is 64.6 cm³/mol. The number of nitrogens with zero attached hydrogens (tertiary/aromatic N) is 2. The van der Waals surface area contributed by atoms with Gasteiger partial charge in [0, 0.05) is 0 Å². The number of carboxylic acids is 1. The molecule has 104 valence electrons. The zero-order valence-corrected chi connectivity index (χ0v) is 10.5. The molecule has 2 atom stereocenters. The fourth-order valence-corrected chi connectivity index (χ4v) is 2.27. The van der Waals surface area contributed by atoms with Crippen molar-refractivity contribution in [3.8, 4) is 6.01 Å². The van der Waals surface area contributed by atoms with Gasteiger partial charge in [0.25, 0.3) is 0 Å². The lowest BCUT2D eigenvalue weighted by Crippen LogP contribution is -2.30. The second-order valence-electron chi connectivity index (χ2n) is 4.37. The number of hydrogen-bond donors (Lipinski definition) is 3. The van der Waals surface area contributed by atoms with Gasteiger partial charge in [-0.15, -0.1) is 5.10 Å². The molecule has 8 nitrogen and oxygen atoms in total. The number of H-pyrrole nitrogens is 1. The predicted octanol–water partition coefficient (Wildman–Crippen LogP) is 0.643. The van der Waals surface area contributed by atoms with Gasteiger partial charge in [0.2, 0.25) is 11.9 Å². The first-order valence-electron chi connectivity index (χ1n) is 6.20. The summed E-state index contributed by atoms with van der Waals surface area (Å²) < 4.78 is 5.05. The average molecular weight is 268 g/mol. The largest absolute Gasteiger partial charge is 0.481 e. The molecule has 1 amide bonds. The maximum absolute atomic E-state index is 12.0. The molecule has 1 aliphatic carbocycles. The highest BCUT2D eigenvalue weighted by Crippen LogP contribution is 2.32. The van der Waals surface area contributed by atoms with Crippen LogP contribution in [-0.2, 0) is 9.59 Å². The van der Waals surface area contributed by atoms with Crippen molar-refractivity contribution in [3.05, 3.63) is 0 Å². The maximum atomic E-state index is 12.0. The van der Waals surface area contributed by atoms with Crippen molar-refractivity contribution in [1.82, 2.24) is 15.2 Å². The van der Waals surface area contributed by atoms with Gasteiger partial charge in [-0.05, 0) is 19.8 Å². The lowest BCUT2D eigenvalue weighted by atomic mass is 9.95. The van der Waals surface area contributed by atoms with Gasteiger partial charge >= 0.3 is 12.0 Å². The van der Waals surface area contributed by atoms with Crippen LogP contribution in [0.4, 0.5) is 5.95 Å². The highest BCUT2D eigenvalue weighted by molar-refractivity contribution is 5.94. The van der Waals surface area contributed by atoms with Crippen LogP contribution in [0.3, 0.4) is 0 Å². The molecular weight excluding hydrogens is 252 g/mol. The Morgan fingerprint density at radius 2 is 2.21 bits per heavy atom. The van der Waals surface area contributed by atoms with Gasteiger partial charge in [0.1, 0.15) is 0 Å². The number of hydrogen-bond acceptors (Lipinski definition) is 5. The van der Waals surface area contributed by atoms with Gasteiger partial charge in [-0.3, -0.25) is 14.9 Å². The van der Waals surface area contributed by atoms with Crippen LogP contribution in [0.15, 0.2) is 0 Å². The van der Waals surface area contributed by atoms with Crippen LogP contribution in [0.25, 0.3) is 0 Å². The molecule has 1 aromatic rings. The Morgan fingerprint density at radius 3 is 2.89 bits per heavy atom. The molecule has 1 aromatic heterocycles. The van der Waals surface area contributed by atoms with Gasteiger partial charge in [0.05, 0.1) is 18.4 Å². The number of anilines is 1. The van der Waals surface area contributed by atoms with E-state index in [0.29, 0.717) is 19.4 Å². The molecule has 1 aliphatic rings. The number of carboxylic acid groups (broad SMARTS) is 1. The molecule has 3 N–H and O–H groups in total. The van der Waals surface area contributed by atoms with Gasteiger partial charge < -0.3 is 9.84 Å². The van der Waals surface area contributed by atoms with Gasteiger partial charge in [-0.25, -0.2) is 5.10 Å². The molecule has 2 rings (SSSR count). The Hall–Kier alpha value is -2.12. The number of aromatic amines is 1. The summed E-state index contributed by atoms with van der Waals surface area (Å²) in [6, 6.07) is 0.152. The number of amides is 1. The molecule has 1 heterocycles. The summed E-state index contributed by atoms with van der Waals surface area (Å²) >= 11 is 0. The monoisotopic (exact) mass is 268 g/mol. The average Bonchev–Trinajstić information content (AvgIpc) is 2.98. The fraction of sp³-hybridized carbons (Fsp3) is 0.636. The van der Waals surface area contributed by atoms with Crippen molar-refractivity contribution in [3.63, 3.8) is 0 Å². The van der Waals surface area contributed by atoms with Crippen LogP contribution in [0.2, 0.25) is 0 Å². The van der Waals surface area contributed by atoms with E-state index in [1.54, 1.807) is 6.92 Å². The summed E-state index contributed by atoms with van der Waals surface area (Å²) in [5.74, 6) is -2.23. The molecule has 2 unspecified atom stereocenters. The minimum Gasteiger partial charge on any atom is -0.481 e. The number of ether oxygens (including phenoxy) is 1. The topological polar surface area (TPSA) is 117 Å². The quantitative estimate of drug-likeness (QED) is 0.721. The Labute approximate surface area is 109 Å². The number of aliphatic carboxylic acids is 1. The minimum absolute atomic E-state index is 0.152. The van der Waals surface area contributed by atoms with E-state index in [2.05, 4.69) is 20.5 Å². The van der Waals surface area contributed by atoms with Crippen molar-refractivity contribution in [2.24, 2.45) is 11.8 Å². The molecule has 0 spiro atoms. The van der Waals surface area contributed by atoms with E-state index < -0.39 is 17.8 Å². The van der Waals surface area contributed by atoms with E-state index in [4.69, 9.17) is 9.84 Å². The van der Waals surface area contributed by atoms with Gasteiger partial charge in [0.15, 0.2) is 0 Å². The molecule has 0 aliphatic heterocycles. The number of nitrogens with one attached hydrogen (secondary N) is 2. The molecule has 0 saturated heterocycles. The van der Waals surface area contributed by atoms with Crippen molar-refractivity contribution < 1.29 is 19.4 Å². The minimum atomic E-state index is -0.926. The normalized spacial score (nSPS) is 22.2. The molecular formula is C11H16N4O4. The zero-order chi connectivity index (χ0) is 13.8. The third kappa shape index (κ3) is 3.01. The molecule has 8 heteroatoms. The van der Waals surface area contributed by atoms with Gasteiger partial charge in [-0.2, -0.15) is 4.98 Å². The second kappa shape index (κ2) is 5.68. The van der Waals surface area contributed by atoms with E-state index in [0.717, 1.165) is 6.42 Å². The number of aromatic nitrogens is 3. The highest BCUT2D eigenvalue weighted by atomic mass is 16.5. The summed E-state index contributed by atoms with van der Waals surface area (Å²) in [4.78, 5) is 26.9. The number of carbonyl (C=O) groups excluding carboxylic acids is 1. The third-order valence-electron chi connectivity index (χ3n) is 3.15. The Kier molecular flexibility index (Phi) is 3.98. The summed E-state index contributed by atoms with van der Waals surface area (Å²) in [5.41, 5.74) is 0. The molecule has 1 saturated carbocycles. The Bertz CT molecular complexity index is 473. The van der Waals surface area contributed by atoms with Gasteiger partial charge in [-0.1, -0.05) is 6.42 Å². The smallest absolute Gasteiger partial charge is 0.337 e. The van der Waals surface area contributed by atoms with Crippen molar-refractivity contribution in [1.29, 1.82) is 0 Å². The van der Waals surface area contributed by atoms with Crippen LogP contribution in [0, 0.1) is 11.8 Å². The fourth-order valence-electron chi connectivity index (χ4n) is 2.27. The lowest BCUT2D eigenvalue weighted by Gasteiger charge is -2.13. The van der Waals surface area contributed by atoms with E-state index in [-0.39, 0.29) is 17.9 Å². The first-order valence-corrected chi connectivity index (χ1v) is 6.20. The zero-order valence-electron chi connectivity index (χ0n) is 10.5. The molecule has 0 aromatic carbocycles. The van der Waals surface area contributed by atoms with E-state index in [9.17, 15) is 9.59 Å². The lowest BCUT2D eigenvalue weighted by molar-refractivity contribution is -0.145. The third-order valence-corrected chi connectivity index (χ3v) is 3.15. The van der Waals surface area contributed by atoms with E-state index in [1.165, 1.54) is 0 Å². The SMILES string of the molecule is CCOc1n[nH]c(NC(=O)C2CCCC2C(=O)O)n1. The highest BCUT2D eigenvalue weighted by Gasteiger charge is 2.38. The molecule has 1 fully saturated rings. The Balaban J connectivity index is 1.98. The standard InChI is InChI=1S/C11H16N4O4/c1-2-19-11-13-10(14-15-11)12-8(16)6-4-3-5-7(6)9(17)18/h6-7H,2-5H2,1H3,(H,17,18)(H2,12,13,14,15,16). The van der Waals surface area contributed by atoms with Crippen molar-refractivity contribution >= 4 is 17.8 Å². The van der Waals surface area contributed by atoms with Crippen LogP contribution in [0.1, 0.15) is 26.2 Å². The van der Waals surface area contributed by atoms with E-state index >= 15 is 0 Å². The first kappa shape index (κ1) is 13.3. The maximum Gasteiger partial charge on any atom is 0.337 e. The summed E-state index contributed by atoms with van der Waals surface area (Å²) in [7, 11) is 0. The van der Waals surface area contributed by atoms with Crippen LogP contribution >= 0.6 is 0 Å². The molecule has 0 bridgehead atoms. The number of rotatable bonds is 5. The summed E-state index contributed by atoms with van der Waals surface area (Å²) in [6.45, 7) is 2.22. The number of carbonyl (C=O) groups is 2. The van der Waals surface area contributed by atoms with Crippen LogP contribution < -0.4 is 10.1 Å². The first-order chi connectivity index (χ1) is 9.11. The van der Waals surface area contributed by atoms with E-state index in [1.807, 2.05) is 0 Å². The van der Waals surface area contributed by atoms with Crippen LogP contribution in [0.5, 0.6) is 6.01 Å².